The van der Waals surface area contributed by atoms with E-state index in [0.29, 0.717) is 0 Å². The Kier molecular flexibility index (Phi) is 3.89. The molecular formula is C10H10Cl2N2O4S2. The zero-order valence-electron chi connectivity index (χ0n) is 10.4. The molecule has 0 spiro atoms. The number of hydrogen-bond donors (Lipinski definition) is 1. The molecule has 0 saturated carbocycles. The molecule has 2 heterocycles. The van der Waals surface area contributed by atoms with Crippen molar-refractivity contribution in [1.82, 2.24) is 9.62 Å². The summed E-state index contributed by atoms with van der Waals surface area (Å²) in [5.74, 6) is -1.37. The molecule has 1 N–H and O–H groups in total. The second-order valence-electron chi connectivity index (χ2n) is 4.64. The highest BCUT2D eigenvalue weighted by Crippen LogP contribution is 2.38. The van der Waals surface area contributed by atoms with E-state index in [1.807, 2.05) is 0 Å². The van der Waals surface area contributed by atoms with Crippen LogP contribution in [-0.4, -0.2) is 36.6 Å². The molecule has 6 nitrogen and oxygen atoms in total. The Morgan fingerprint density at radius 1 is 1.35 bits per heavy atom. The number of piperazine rings is 1. The Morgan fingerprint density at radius 3 is 2.45 bits per heavy atom. The number of nitrogens with one attached hydrogen (secondary N) is 1. The molecule has 0 bridgehead atoms. The molecule has 1 saturated heterocycles. The molecule has 1 aromatic heterocycles. The largest absolute Gasteiger partial charge is 0.294 e. The Morgan fingerprint density at radius 2 is 1.95 bits per heavy atom. The monoisotopic (exact) mass is 356 g/mol. The first-order valence-electron chi connectivity index (χ1n) is 5.39. The second kappa shape index (κ2) is 4.96. The van der Waals surface area contributed by atoms with Crippen LogP contribution in [0.25, 0.3) is 0 Å². The number of rotatable bonds is 2. The lowest BCUT2D eigenvalue weighted by atomic mass is 10.0. The van der Waals surface area contributed by atoms with Crippen LogP contribution in [0.2, 0.25) is 8.67 Å². The van der Waals surface area contributed by atoms with Gasteiger partial charge in [0.05, 0.1) is 10.9 Å². The van der Waals surface area contributed by atoms with Crippen molar-refractivity contribution in [2.24, 2.45) is 0 Å². The molecule has 2 rings (SSSR count). The maximum Gasteiger partial charge on any atom is 0.247 e. The van der Waals surface area contributed by atoms with E-state index in [1.54, 1.807) is 0 Å². The van der Waals surface area contributed by atoms with E-state index in [0.717, 1.165) is 15.6 Å². The number of hydrogen-bond acceptors (Lipinski definition) is 5. The summed E-state index contributed by atoms with van der Waals surface area (Å²) in [5, 5.41) is 2.10. The van der Waals surface area contributed by atoms with Crippen molar-refractivity contribution in [3.8, 4) is 0 Å². The molecule has 0 aliphatic carbocycles. The molecule has 1 aromatic rings. The van der Waals surface area contributed by atoms with Crippen molar-refractivity contribution in [2.75, 3.05) is 6.54 Å². The van der Waals surface area contributed by atoms with E-state index in [1.165, 1.54) is 19.9 Å². The van der Waals surface area contributed by atoms with E-state index in [9.17, 15) is 18.0 Å². The number of imide groups is 1. The van der Waals surface area contributed by atoms with Gasteiger partial charge in [-0.1, -0.05) is 23.2 Å². The highest BCUT2D eigenvalue weighted by molar-refractivity contribution is 7.89. The highest BCUT2D eigenvalue weighted by atomic mass is 35.5. The lowest BCUT2D eigenvalue weighted by Crippen LogP contribution is -2.65. The maximum absolute atomic E-state index is 12.6. The van der Waals surface area contributed by atoms with Crippen LogP contribution in [0.1, 0.15) is 13.8 Å². The van der Waals surface area contributed by atoms with E-state index < -0.39 is 33.9 Å². The number of sulfonamides is 1. The van der Waals surface area contributed by atoms with Crippen LogP contribution in [0, 0.1) is 0 Å². The maximum atomic E-state index is 12.6. The molecule has 1 aliphatic rings. The van der Waals surface area contributed by atoms with Gasteiger partial charge in [0, 0.05) is 0 Å². The van der Waals surface area contributed by atoms with Crippen LogP contribution in [0.4, 0.5) is 0 Å². The number of carbonyl (C=O) groups is 2. The van der Waals surface area contributed by atoms with E-state index in [2.05, 4.69) is 5.32 Å². The predicted octanol–water partition coefficient (Wildman–Crippen LogP) is 1.48. The Hall–Kier alpha value is -0.670. The zero-order valence-corrected chi connectivity index (χ0v) is 13.6. The SMILES string of the molecule is CC1(C)C(=O)NC(=O)CN1S(=O)(=O)c1cc(Cl)sc1Cl. The van der Waals surface area contributed by atoms with Crippen molar-refractivity contribution in [3.63, 3.8) is 0 Å². The first-order valence-corrected chi connectivity index (χ1v) is 8.40. The van der Waals surface area contributed by atoms with Crippen LogP contribution in [0.5, 0.6) is 0 Å². The number of halogens is 2. The minimum Gasteiger partial charge on any atom is -0.294 e. The van der Waals surface area contributed by atoms with Crippen molar-refractivity contribution in [3.05, 3.63) is 14.7 Å². The normalized spacial score (nSPS) is 20.0. The second-order valence-corrected chi connectivity index (χ2v) is 8.75. The third-order valence-corrected chi connectivity index (χ3v) is 6.69. The molecule has 0 aromatic carbocycles. The van der Waals surface area contributed by atoms with Crippen molar-refractivity contribution < 1.29 is 18.0 Å². The fourth-order valence-electron chi connectivity index (χ4n) is 1.77. The summed E-state index contributed by atoms with van der Waals surface area (Å²) in [6, 6.07) is 1.21. The fraction of sp³-hybridized carbons (Fsp3) is 0.400. The Balaban J connectivity index is 2.55. The van der Waals surface area contributed by atoms with Crippen LogP contribution in [0.3, 0.4) is 0 Å². The number of nitrogens with zero attached hydrogens (tertiary/aromatic N) is 1. The minimum absolute atomic E-state index is 0.00997. The molecular weight excluding hydrogens is 347 g/mol. The zero-order chi connectivity index (χ0) is 15.3. The minimum atomic E-state index is -4.10. The topological polar surface area (TPSA) is 83.6 Å². The van der Waals surface area contributed by atoms with Crippen LogP contribution < -0.4 is 5.32 Å². The van der Waals surface area contributed by atoms with Crippen LogP contribution >= 0.6 is 34.5 Å². The lowest BCUT2D eigenvalue weighted by molar-refractivity contribution is -0.141. The number of thiophene rings is 1. The van der Waals surface area contributed by atoms with Gasteiger partial charge in [-0.05, 0) is 19.9 Å². The quantitative estimate of drug-likeness (QED) is 0.813. The summed E-state index contributed by atoms with van der Waals surface area (Å²) in [7, 11) is -4.10. The standard InChI is InChI=1S/C10H10Cl2N2O4S2/c1-10(2)9(16)13-7(15)4-14(10)20(17,18)5-3-6(11)19-8(5)12/h3H,4H2,1-2H3,(H,13,15,16). The van der Waals surface area contributed by atoms with Gasteiger partial charge in [0.15, 0.2) is 0 Å². The lowest BCUT2D eigenvalue weighted by Gasteiger charge is -2.38. The summed E-state index contributed by atoms with van der Waals surface area (Å²) < 4.78 is 26.2. The average Bonchev–Trinajstić information content (AvgIpc) is 2.64. The van der Waals surface area contributed by atoms with Crippen molar-refractivity contribution in [2.45, 2.75) is 24.3 Å². The molecule has 1 fully saturated rings. The smallest absolute Gasteiger partial charge is 0.247 e. The summed E-state index contributed by atoms with van der Waals surface area (Å²) in [6.45, 7) is 2.37. The summed E-state index contributed by atoms with van der Waals surface area (Å²) in [5.41, 5.74) is -1.40. The molecule has 0 radical (unpaired) electrons. The van der Waals surface area contributed by atoms with Crippen molar-refractivity contribution in [1.29, 1.82) is 0 Å². The van der Waals surface area contributed by atoms with Crippen LogP contribution in [-0.2, 0) is 19.6 Å². The molecule has 0 unspecified atom stereocenters. The van der Waals surface area contributed by atoms with Gasteiger partial charge in [-0.25, -0.2) is 8.42 Å². The molecule has 1 aliphatic heterocycles. The Labute approximate surface area is 129 Å². The predicted molar refractivity (Wildman–Crippen MR) is 75.5 cm³/mol. The fourth-order valence-corrected chi connectivity index (χ4v) is 5.59. The molecule has 110 valence electrons. The number of carbonyl (C=O) groups excluding carboxylic acids is 2. The van der Waals surface area contributed by atoms with Gasteiger partial charge in [-0.2, -0.15) is 4.31 Å². The Bertz CT molecular complexity index is 696. The first kappa shape index (κ1) is 15.7. The molecule has 0 atom stereocenters. The first-order chi connectivity index (χ1) is 9.06. The van der Waals surface area contributed by atoms with E-state index in [4.69, 9.17) is 23.2 Å². The van der Waals surface area contributed by atoms with Gasteiger partial charge in [-0.15, -0.1) is 11.3 Å². The third-order valence-electron chi connectivity index (χ3n) is 2.91. The van der Waals surface area contributed by atoms with Gasteiger partial charge >= 0.3 is 0 Å². The molecule has 10 heteroatoms. The summed E-state index contributed by atoms with van der Waals surface area (Å²) >= 11 is 12.5. The van der Waals surface area contributed by atoms with Gasteiger partial charge in [0.1, 0.15) is 14.8 Å². The highest BCUT2D eigenvalue weighted by Gasteiger charge is 2.48. The average molecular weight is 357 g/mol. The van der Waals surface area contributed by atoms with Gasteiger partial charge in [0.2, 0.25) is 21.8 Å². The van der Waals surface area contributed by atoms with Gasteiger partial charge in [0.25, 0.3) is 0 Å². The van der Waals surface area contributed by atoms with Gasteiger partial charge < -0.3 is 0 Å². The number of amides is 2. The summed E-state index contributed by atoms with van der Waals surface area (Å²) in [6.07, 6.45) is 0. The molecule has 20 heavy (non-hydrogen) atoms. The third kappa shape index (κ3) is 2.46. The van der Waals surface area contributed by atoms with E-state index in [-0.39, 0.29) is 13.6 Å². The molecule has 2 amide bonds. The van der Waals surface area contributed by atoms with Gasteiger partial charge in [-0.3, -0.25) is 14.9 Å². The van der Waals surface area contributed by atoms with Crippen molar-refractivity contribution >= 4 is 56.4 Å². The van der Waals surface area contributed by atoms with E-state index >= 15 is 0 Å². The summed E-state index contributed by atoms with van der Waals surface area (Å²) in [4.78, 5) is 23.1. The van der Waals surface area contributed by atoms with Crippen LogP contribution in [0.15, 0.2) is 11.0 Å².